The third-order valence-electron chi connectivity index (χ3n) is 4.63. The Labute approximate surface area is 150 Å². The van der Waals surface area contributed by atoms with Gasteiger partial charge in [0.15, 0.2) is 6.17 Å². The molecule has 6 heteroatoms. The van der Waals surface area contributed by atoms with Crippen molar-refractivity contribution in [3.63, 3.8) is 0 Å². The van der Waals surface area contributed by atoms with E-state index >= 15 is 0 Å². The maximum Gasteiger partial charge on any atom is 0.256 e. The summed E-state index contributed by atoms with van der Waals surface area (Å²) >= 11 is 0. The minimum atomic E-state index is -1.78. The van der Waals surface area contributed by atoms with Crippen LogP contribution in [0.1, 0.15) is 28.7 Å². The van der Waals surface area contributed by atoms with Crippen molar-refractivity contribution in [2.45, 2.75) is 24.8 Å². The molecule has 1 heterocycles. The molecule has 1 aliphatic heterocycles. The molecule has 0 fully saturated rings. The van der Waals surface area contributed by atoms with E-state index in [1.807, 2.05) is 0 Å². The van der Waals surface area contributed by atoms with E-state index in [1.54, 1.807) is 18.2 Å². The fraction of sp³-hybridized carbons (Fsp3) is 0.300. The Balaban J connectivity index is 2.10. The number of hydrogen-bond donors (Lipinski definition) is 0. The number of amides is 1. The van der Waals surface area contributed by atoms with Gasteiger partial charge in [0.25, 0.3) is 5.91 Å². The van der Waals surface area contributed by atoms with E-state index < -0.39 is 23.5 Å². The monoisotopic (exact) mass is 356 g/mol. The molecule has 0 bridgehead atoms. The lowest BCUT2D eigenvalue weighted by Gasteiger charge is -2.32. The summed E-state index contributed by atoms with van der Waals surface area (Å²) in [6, 6.07) is 12.7. The average molecular weight is 356 g/mol. The van der Waals surface area contributed by atoms with Crippen molar-refractivity contribution in [2.24, 2.45) is 0 Å². The van der Waals surface area contributed by atoms with Gasteiger partial charge in [-0.15, -0.1) is 0 Å². The van der Waals surface area contributed by atoms with Gasteiger partial charge < -0.3 is 9.64 Å². The standard InChI is InChI=1S/C20H18F2N2O2/c1-24(2)19(25)18(22)10-20(15-4-6-16(21)7-5-15)17-8-3-13(11-23)9-14(17)12-26-20/h3-9,18H,10,12H2,1-2H3. The fourth-order valence-corrected chi connectivity index (χ4v) is 3.32. The number of ether oxygens (including phenoxy) is 1. The highest BCUT2D eigenvalue weighted by Crippen LogP contribution is 2.46. The first-order chi connectivity index (χ1) is 12.4. The summed E-state index contributed by atoms with van der Waals surface area (Å²) in [5, 5.41) is 9.08. The van der Waals surface area contributed by atoms with Crippen LogP contribution in [0.15, 0.2) is 42.5 Å². The Morgan fingerprint density at radius 3 is 2.62 bits per heavy atom. The second kappa shape index (κ2) is 6.85. The summed E-state index contributed by atoms with van der Waals surface area (Å²) in [4.78, 5) is 13.3. The summed E-state index contributed by atoms with van der Waals surface area (Å²) < 4.78 is 34.1. The molecule has 0 aromatic heterocycles. The van der Waals surface area contributed by atoms with Gasteiger partial charge in [-0.1, -0.05) is 18.2 Å². The van der Waals surface area contributed by atoms with Crippen molar-refractivity contribution in [3.05, 3.63) is 70.5 Å². The van der Waals surface area contributed by atoms with Crippen molar-refractivity contribution < 1.29 is 18.3 Å². The van der Waals surface area contributed by atoms with Crippen LogP contribution in [0.5, 0.6) is 0 Å². The third kappa shape index (κ3) is 3.06. The van der Waals surface area contributed by atoms with E-state index in [4.69, 9.17) is 10.00 Å². The van der Waals surface area contributed by atoms with Crippen molar-refractivity contribution in [3.8, 4) is 6.07 Å². The van der Waals surface area contributed by atoms with Crippen LogP contribution >= 0.6 is 0 Å². The number of nitriles is 1. The molecule has 2 aromatic rings. The number of carbonyl (C=O) groups excluding carboxylic acids is 1. The Bertz CT molecular complexity index is 874. The highest BCUT2D eigenvalue weighted by atomic mass is 19.1. The largest absolute Gasteiger partial charge is 0.361 e. The van der Waals surface area contributed by atoms with E-state index in [0.29, 0.717) is 16.7 Å². The first-order valence-corrected chi connectivity index (χ1v) is 8.16. The normalized spacial score (nSPS) is 19.5. The van der Waals surface area contributed by atoms with Crippen LogP contribution in [0.25, 0.3) is 0 Å². The van der Waals surface area contributed by atoms with Crippen molar-refractivity contribution in [1.29, 1.82) is 5.26 Å². The fourth-order valence-electron chi connectivity index (χ4n) is 3.32. The van der Waals surface area contributed by atoms with Crippen molar-refractivity contribution in [1.82, 2.24) is 4.90 Å². The van der Waals surface area contributed by atoms with E-state index in [9.17, 15) is 13.6 Å². The Morgan fingerprint density at radius 1 is 1.31 bits per heavy atom. The molecule has 1 aliphatic rings. The number of carbonyl (C=O) groups is 1. The van der Waals surface area contributed by atoms with Crippen LogP contribution in [-0.4, -0.2) is 31.1 Å². The molecule has 134 valence electrons. The number of nitrogens with zero attached hydrogens (tertiary/aromatic N) is 2. The zero-order valence-corrected chi connectivity index (χ0v) is 14.5. The van der Waals surface area contributed by atoms with Gasteiger partial charge in [0.2, 0.25) is 0 Å². The molecular formula is C20H18F2N2O2. The second-order valence-electron chi connectivity index (χ2n) is 6.51. The minimum absolute atomic E-state index is 0.186. The van der Waals surface area contributed by atoms with Crippen LogP contribution in [0.2, 0.25) is 0 Å². The lowest BCUT2D eigenvalue weighted by molar-refractivity contribution is -0.137. The van der Waals surface area contributed by atoms with Gasteiger partial charge in [-0.3, -0.25) is 4.79 Å². The molecule has 0 N–H and O–H groups in total. The van der Waals surface area contributed by atoms with Crippen LogP contribution in [0.4, 0.5) is 8.78 Å². The highest BCUT2D eigenvalue weighted by molar-refractivity contribution is 5.80. The molecule has 2 atom stereocenters. The van der Waals surface area contributed by atoms with E-state index in [0.717, 1.165) is 5.56 Å². The predicted molar refractivity (Wildman–Crippen MR) is 91.3 cm³/mol. The smallest absolute Gasteiger partial charge is 0.256 e. The zero-order chi connectivity index (χ0) is 18.9. The SMILES string of the molecule is CN(C)C(=O)C(F)CC1(c2ccc(F)cc2)OCc2cc(C#N)ccc21. The number of benzene rings is 2. The summed E-state index contributed by atoms with van der Waals surface area (Å²) in [6.45, 7) is 0.186. The van der Waals surface area contributed by atoms with Crippen molar-refractivity contribution in [2.75, 3.05) is 14.1 Å². The van der Waals surface area contributed by atoms with Gasteiger partial charge in [-0.2, -0.15) is 5.26 Å². The molecule has 4 nitrogen and oxygen atoms in total. The number of hydrogen-bond acceptors (Lipinski definition) is 3. The Kier molecular flexibility index (Phi) is 4.75. The molecule has 3 rings (SSSR count). The Hall–Kier alpha value is -2.78. The lowest BCUT2D eigenvalue weighted by atomic mass is 9.81. The maximum atomic E-state index is 14.8. The average Bonchev–Trinajstić information content (AvgIpc) is 3.00. The third-order valence-corrected chi connectivity index (χ3v) is 4.63. The van der Waals surface area contributed by atoms with E-state index in [2.05, 4.69) is 6.07 Å². The quantitative estimate of drug-likeness (QED) is 0.845. The molecule has 0 saturated heterocycles. The van der Waals surface area contributed by atoms with Crippen LogP contribution < -0.4 is 0 Å². The van der Waals surface area contributed by atoms with Crippen LogP contribution in [-0.2, 0) is 21.7 Å². The van der Waals surface area contributed by atoms with Gasteiger partial charge in [0, 0.05) is 20.5 Å². The first kappa shape index (κ1) is 18.0. The highest BCUT2D eigenvalue weighted by Gasteiger charge is 2.45. The molecular weight excluding hydrogens is 338 g/mol. The maximum absolute atomic E-state index is 14.8. The molecule has 1 amide bonds. The molecule has 2 aromatic carbocycles. The number of rotatable bonds is 4. The summed E-state index contributed by atoms with van der Waals surface area (Å²) in [6.07, 6.45) is -2.01. The first-order valence-electron chi connectivity index (χ1n) is 8.16. The molecule has 0 aliphatic carbocycles. The predicted octanol–water partition coefficient (Wildman–Crippen LogP) is 3.29. The molecule has 0 radical (unpaired) electrons. The molecule has 0 spiro atoms. The van der Waals surface area contributed by atoms with Crippen molar-refractivity contribution >= 4 is 5.91 Å². The van der Waals surface area contributed by atoms with Gasteiger partial charge >= 0.3 is 0 Å². The van der Waals surface area contributed by atoms with Gasteiger partial charge in [-0.05, 0) is 41.0 Å². The Morgan fingerprint density at radius 2 is 2.00 bits per heavy atom. The van der Waals surface area contributed by atoms with Crippen LogP contribution in [0.3, 0.4) is 0 Å². The molecule has 2 unspecified atom stereocenters. The van der Waals surface area contributed by atoms with Crippen LogP contribution in [0, 0.1) is 17.1 Å². The van der Waals surface area contributed by atoms with Gasteiger partial charge in [-0.25, -0.2) is 8.78 Å². The number of fused-ring (bicyclic) bond motifs is 1. The lowest BCUT2D eigenvalue weighted by Crippen LogP contribution is -2.38. The van der Waals surface area contributed by atoms with E-state index in [1.165, 1.54) is 43.3 Å². The molecule has 0 saturated carbocycles. The van der Waals surface area contributed by atoms with Gasteiger partial charge in [0.05, 0.1) is 18.2 Å². The zero-order valence-electron chi connectivity index (χ0n) is 14.5. The number of halogens is 2. The topological polar surface area (TPSA) is 53.3 Å². The summed E-state index contributed by atoms with van der Waals surface area (Å²) in [7, 11) is 2.98. The molecule has 26 heavy (non-hydrogen) atoms. The summed E-state index contributed by atoms with van der Waals surface area (Å²) in [5.74, 6) is -1.07. The number of alkyl halides is 1. The summed E-state index contributed by atoms with van der Waals surface area (Å²) in [5.41, 5.74) is 1.29. The van der Waals surface area contributed by atoms with Gasteiger partial charge in [0.1, 0.15) is 11.4 Å². The van der Waals surface area contributed by atoms with E-state index in [-0.39, 0.29) is 13.0 Å². The minimum Gasteiger partial charge on any atom is -0.361 e. The second-order valence-corrected chi connectivity index (χ2v) is 6.51.